The van der Waals surface area contributed by atoms with Gasteiger partial charge in [0.2, 0.25) is 5.13 Å². The molecule has 0 unspecified atom stereocenters. The van der Waals surface area contributed by atoms with Gasteiger partial charge in [0.05, 0.1) is 10.0 Å². The van der Waals surface area contributed by atoms with Crippen molar-refractivity contribution in [2.45, 2.75) is 13.3 Å². The lowest BCUT2D eigenvalue weighted by Gasteiger charge is -2.06. The maximum atomic E-state index is 6.02. The molecule has 0 spiro atoms. The van der Waals surface area contributed by atoms with E-state index in [0.717, 1.165) is 24.4 Å². The fourth-order valence-electron chi connectivity index (χ4n) is 2.33. The van der Waals surface area contributed by atoms with Crippen LogP contribution in [0.1, 0.15) is 18.3 Å². The Morgan fingerprint density at radius 2 is 1.92 bits per heavy atom. The average molecular weight is 405 g/mol. The molecule has 0 fully saturated rings. The van der Waals surface area contributed by atoms with Crippen LogP contribution < -0.4 is 10.6 Å². The highest BCUT2D eigenvalue weighted by Crippen LogP contribution is 2.27. The van der Waals surface area contributed by atoms with Crippen LogP contribution in [0.3, 0.4) is 0 Å². The van der Waals surface area contributed by atoms with E-state index in [0.29, 0.717) is 21.0 Å². The van der Waals surface area contributed by atoms with Crippen molar-refractivity contribution in [3.63, 3.8) is 0 Å². The molecular weight excluding hydrogens is 387 g/mol. The second kappa shape index (κ2) is 9.03. The van der Waals surface area contributed by atoms with Crippen LogP contribution in [0.4, 0.5) is 10.8 Å². The van der Waals surface area contributed by atoms with Crippen LogP contribution in [-0.4, -0.2) is 15.9 Å². The summed E-state index contributed by atoms with van der Waals surface area (Å²) in [6.07, 6.45) is 2.90. The summed E-state index contributed by atoms with van der Waals surface area (Å²) in [6, 6.07) is 15.7. The molecule has 26 heavy (non-hydrogen) atoms. The largest absolute Gasteiger partial charge is 0.388 e. The minimum absolute atomic E-state index is 0.500. The minimum Gasteiger partial charge on any atom is -0.388 e. The zero-order valence-electron chi connectivity index (χ0n) is 14.2. The molecule has 2 N–H and O–H groups in total. The number of benzene rings is 2. The lowest BCUT2D eigenvalue weighted by atomic mass is 10.1. The number of allylic oxidation sites excluding steroid dienone is 1. The second-order valence-corrected chi connectivity index (χ2v) is 7.27. The van der Waals surface area contributed by atoms with Crippen LogP contribution in [0.15, 0.2) is 54.2 Å². The lowest BCUT2D eigenvalue weighted by Crippen LogP contribution is -2.14. The standard InChI is InChI=1S/C19H18Cl2N4S/c1-13(22-10-9-14-5-3-2-4-6-14)11-18-24-19(26-25-18)23-15-7-8-16(20)17(21)12-15/h2-8,11-12,22H,9-10H2,1H3,(H,23,24,25)/b13-11+. The van der Waals surface area contributed by atoms with Crippen LogP contribution >= 0.6 is 34.7 Å². The number of rotatable bonds is 7. The summed E-state index contributed by atoms with van der Waals surface area (Å²) in [4.78, 5) is 4.47. The Bertz CT molecular complexity index is 894. The molecule has 0 radical (unpaired) electrons. The first kappa shape index (κ1) is 18.7. The molecule has 3 rings (SSSR count). The Kier molecular flexibility index (Phi) is 6.50. The quantitative estimate of drug-likeness (QED) is 0.523. The van der Waals surface area contributed by atoms with Gasteiger partial charge < -0.3 is 10.6 Å². The highest BCUT2D eigenvalue weighted by Gasteiger charge is 2.05. The van der Waals surface area contributed by atoms with E-state index in [2.05, 4.69) is 44.3 Å². The number of halogens is 2. The van der Waals surface area contributed by atoms with Gasteiger partial charge in [0, 0.05) is 35.5 Å². The van der Waals surface area contributed by atoms with Crippen molar-refractivity contribution in [2.75, 3.05) is 11.9 Å². The van der Waals surface area contributed by atoms with E-state index in [1.54, 1.807) is 12.1 Å². The third-order valence-corrected chi connectivity index (χ3v) is 5.00. The van der Waals surface area contributed by atoms with Crippen molar-refractivity contribution in [2.24, 2.45) is 0 Å². The Morgan fingerprint density at radius 3 is 2.69 bits per heavy atom. The molecule has 0 atom stereocenters. The first-order valence-electron chi connectivity index (χ1n) is 8.12. The van der Waals surface area contributed by atoms with E-state index in [-0.39, 0.29) is 0 Å². The van der Waals surface area contributed by atoms with Crippen molar-refractivity contribution in [1.82, 2.24) is 14.7 Å². The molecule has 2 aromatic carbocycles. The van der Waals surface area contributed by atoms with Crippen LogP contribution in [0.2, 0.25) is 10.0 Å². The topological polar surface area (TPSA) is 49.8 Å². The van der Waals surface area contributed by atoms with Crippen molar-refractivity contribution in [3.05, 3.63) is 75.7 Å². The summed E-state index contributed by atoms with van der Waals surface area (Å²) >= 11 is 13.2. The number of nitrogens with zero attached hydrogens (tertiary/aromatic N) is 2. The fraction of sp³-hybridized carbons (Fsp3) is 0.158. The van der Waals surface area contributed by atoms with Crippen molar-refractivity contribution in [1.29, 1.82) is 0 Å². The molecule has 1 aromatic heterocycles. The van der Waals surface area contributed by atoms with Crippen LogP contribution in [0, 0.1) is 0 Å². The third-order valence-electron chi connectivity index (χ3n) is 3.62. The SMILES string of the molecule is C/C(=C\c1nsc(Nc2ccc(Cl)c(Cl)c2)n1)NCCc1ccccc1. The van der Waals surface area contributed by atoms with Gasteiger partial charge in [-0.15, -0.1) is 0 Å². The first-order valence-corrected chi connectivity index (χ1v) is 9.65. The molecule has 3 aromatic rings. The molecule has 0 aliphatic heterocycles. The zero-order chi connectivity index (χ0) is 18.4. The first-order chi connectivity index (χ1) is 12.6. The second-order valence-electron chi connectivity index (χ2n) is 5.70. The third kappa shape index (κ3) is 5.46. The zero-order valence-corrected chi connectivity index (χ0v) is 16.5. The Hall–Kier alpha value is -2.08. The van der Waals surface area contributed by atoms with Crippen molar-refractivity contribution < 1.29 is 0 Å². The lowest BCUT2D eigenvalue weighted by molar-refractivity contribution is 0.792. The summed E-state index contributed by atoms with van der Waals surface area (Å²) in [7, 11) is 0. The average Bonchev–Trinajstić information content (AvgIpc) is 3.06. The van der Waals surface area contributed by atoms with Crippen LogP contribution in [0.25, 0.3) is 6.08 Å². The van der Waals surface area contributed by atoms with Gasteiger partial charge in [-0.05, 0) is 37.1 Å². The molecule has 0 aliphatic rings. The van der Waals surface area contributed by atoms with Gasteiger partial charge in [0.1, 0.15) is 0 Å². The molecule has 1 heterocycles. The van der Waals surface area contributed by atoms with E-state index in [1.165, 1.54) is 17.1 Å². The number of nitrogens with one attached hydrogen (secondary N) is 2. The summed E-state index contributed by atoms with van der Waals surface area (Å²) in [5.41, 5.74) is 3.16. The minimum atomic E-state index is 0.500. The number of aromatic nitrogens is 2. The summed E-state index contributed by atoms with van der Waals surface area (Å²) in [6.45, 7) is 2.88. The summed E-state index contributed by atoms with van der Waals surface area (Å²) in [5.74, 6) is 0.669. The fourth-order valence-corrected chi connectivity index (χ4v) is 3.20. The molecule has 0 aliphatic carbocycles. The van der Waals surface area contributed by atoms with Gasteiger partial charge in [0.25, 0.3) is 0 Å². The maximum Gasteiger partial charge on any atom is 0.207 e. The van der Waals surface area contributed by atoms with E-state index < -0.39 is 0 Å². The van der Waals surface area contributed by atoms with Gasteiger partial charge >= 0.3 is 0 Å². The van der Waals surface area contributed by atoms with E-state index in [4.69, 9.17) is 23.2 Å². The molecule has 0 bridgehead atoms. The van der Waals surface area contributed by atoms with Crippen LogP contribution in [0.5, 0.6) is 0 Å². The number of anilines is 2. The molecule has 0 saturated carbocycles. The Morgan fingerprint density at radius 1 is 1.12 bits per heavy atom. The van der Waals surface area contributed by atoms with E-state index in [1.807, 2.05) is 25.1 Å². The molecule has 0 amide bonds. The Labute approximate surface area is 167 Å². The number of hydrogen-bond acceptors (Lipinski definition) is 5. The number of hydrogen-bond donors (Lipinski definition) is 2. The molecule has 4 nitrogen and oxygen atoms in total. The van der Waals surface area contributed by atoms with Gasteiger partial charge in [-0.1, -0.05) is 53.5 Å². The highest BCUT2D eigenvalue weighted by atomic mass is 35.5. The normalized spacial score (nSPS) is 11.4. The predicted octanol–water partition coefficient (Wildman–Crippen LogP) is 5.78. The van der Waals surface area contributed by atoms with Crippen molar-refractivity contribution >= 4 is 51.6 Å². The maximum absolute atomic E-state index is 6.02. The van der Waals surface area contributed by atoms with E-state index in [9.17, 15) is 0 Å². The van der Waals surface area contributed by atoms with Gasteiger partial charge in [0.15, 0.2) is 5.82 Å². The monoisotopic (exact) mass is 404 g/mol. The highest BCUT2D eigenvalue weighted by molar-refractivity contribution is 7.09. The Balaban J connectivity index is 1.54. The summed E-state index contributed by atoms with van der Waals surface area (Å²) < 4.78 is 4.35. The van der Waals surface area contributed by atoms with Crippen LogP contribution in [-0.2, 0) is 6.42 Å². The van der Waals surface area contributed by atoms with E-state index >= 15 is 0 Å². The molecular formula is C19H18Cl2N4S. The molecule has 0 saturated heterocycles. The molecule has 7 heteroatoms. The van der Waals surface area contributed by atoms with Crippen molar-refractivity contribution in [3.8, 4) is 0 Å². The van der Waals surface area contributed by atoms with Gasteiger partial charge in [-0.25, -0.2) is 0 Å². The summed E-state index contributed by atoms with van der Waals surface area (Å²) in [5, 5.41) is 8.29. The van der Waals surface area contributed by atoms with Gasteiger partial charge in [-0.2, -0.15) is 9.36 Å². The smallest absolute Gasteiger partial charge is 0.207 e. The van der Waals surface area contributed by atoms with Gasteiger partial charge in [-0.3, -0.25) is 0 Å². The predicted molar refractivity (Wildman–Crippen MR) is 111 cm³/mol. The molecule has 134 valence electrons.